The van der Waals surface area contributed by atoms with E-state index in [4.69, 9.17) is 21.1 Å². The molecule has 0 saturated heterocycles. The summed E-state index contributed by atoms with van der Waals surface area (Å²) in [7, 11) is 1.55. The number of benzene rings is 2. The van der Waals surface area contributed by atoms with Crippen LogP contribution in [-0.2, 0) is 4.79 Å². The predicted molar refractivity (Wildman–Crippen MR) is 120 cm³/mol. The van der Waals surface area contributed by atoms with Crippen LogP contribution in [0.15, 0.2) is 42.5 Å². The SMILES string of the molecule is COc1cc(/C=C/C(=O)Nc2cccc(-n3nnnc3C)c2)cc(Cl)c1OCC(C)C. The van der Waals surface area contributed by atoms with E-state index >= 15 is 0 Å². The second-order valence-electron chi connectivity index (χ2n) is 7.25. The number of carbonyl (C=O) groups excluding carboxylic acids is 1. The van der Waals surface area contributed by atoms with Crippen molar-refractivity contribution < 1.29 is 14.3 Å². The largest absolute Gasteiger partial charge is 0.493 e. The number of amides is 1. The van der Waals surface area contributed by atoms with Crippen LogP contribution in [0.5, 0.6) is 11.5 Å². The fraction of sp³-hybridized carbons (Fsp3) is 0.273. The Kier molecular flexibility index (Phi) is 7.25. The first kappa shape index (κ1) is 22.3. The number of nitrogens with zero attached hydrogens (tertiary/aromatic N) is 4. The Hall–Kier alpha value is -3.39. The number of carbonyl (C=O) groups is 1. The Morgan fingerprint density at radius 3 is 2.77 bits per heavy atom. The molecule has 0 saturated carbocycles. The topological polar surface area (TPSA) is 91.2 Å². The number of aryl methyl sites for hydroxylation is 1. The van der Waals surface area contributed by atoms with Crippen molar-refractivity contribution in [3.05, 3.63) is 58.9 Å². The first-order valence-electron chi connectivity index (χ1n) is 9.72. The predicted octanol–water partition coefficient (Wildman–Crippen LogP) is 4.32. The van der Waals surface area contributed by atoms with E-state index in [0.29, 0.717) is 46.1 Å². The van der Waals surface area contributed by atoms with Gasteiger partial charge in [-0.3, -0.25) is 4.79 Å². The molecule has 1 heterocycles. The third-order valence-electron chi connectivity index (χ3n) is 4.22. The summed E-state index contributed by atoms with van der Waals surface area (Å²) in [4.78, 5) is 12.4. The molecule has 0 aliphatic heterocycles. The van der Waals surface area contributed by atoms with Crippen molar-refractivity contribution in [2.24, 2.45) is 5.92 Å². The zero-order valence-electron chi connectivity index (χ0n) is 17.8. The van der Waals surface area contributed by atoms with Gasteiger partial charge in [-0.25, -0.2) is 0 Å². The van der Waals surface area contributed by atoms with Crippen molar-refractivity contribution in [1.29, 1.82) is 0 Å². The Morgan fingerprint density at radius 2 is 2.10 bits per heavy atom. The van der Waals surface area contributed by atoms with Crippen LogP contribution < -0.4 is 14.8 Å². The Balaban J connectivity index is 1.71. The third kappa shape index (κ3) is 5.82. The quantitative estimate of drug-likeness (QED) is 0.523. The molecule has 2 aromatic carbocycles. The van der Waals surface area contributed by atoms with Gasteiger partial charge in [0.2, 0.25) is 5.91 Å². The van der Waals surface area contributed by atoms with Gasteiger partial charge in [0.15, 0.2) is 17.3 Å². The minimum Gasteiger partial charge on any atom is -0.493 e. The molecular formula is C22H24ClN5O3. The van der Waals surface area contributed by atoms with Gasteiger partial charge < -0.3 is 14.8 Å². The van der Waals surface area contributed by atoms with Crippen molar-refractivity contribution in [3.63, 3.8) is 0 Å². The zero-order chi connectivity index (χ0) is 22.4. The zero-order valence-corrected chi connectivity index (χ0v) is 18.6. The summed E-state index contributed by atoms with van der Waals surface area (Å²) in [6.07, 6.45) is 3.08. The van der Waals surface area contributed by atoms with E-state index in [2.05, 4.69) is 34.7 Å². The molecule has 31 heavy (non-hydrogen) atoms. The average Bonchev–Trinajstić information content (AvgIpc) is 3.17. The second-order valence-corrected chi connectivity index (χ2v) is 7.66. The number of hydrogen-bond donors (Lipinski definition) is 1. The molecule has 0 atom stereocenters. The fourth-order valence-electron chi connectivity index (χ4n) is 2.77. The number of rotatable bonds is 8. The number of methoxy groups -OCH3 is 1. The summed E-state index contributed by atoms with van der Waals surface area (Å²) in [6, 6.07) is 10.7. The molecule has 8 nitrogen and oxygen atoms in total. The van der Waals surface area contributed by atoms with Crippen molar-refractivity contribution in [2.45, 2.75) is 20.8 Å². The molecule has 1 N–H and O–H groups in total. The fourth-order valence-corrected chi connectivity index (χ4v) is 3.04. The van der Waals surface area contributed by atoms with Gasteiger partial charge in [0.1, 0.15) is 0 Å². The number of anilines is 1. The number of tetrazole rings is 1. The molecule has 3 rings (SSSR count). The third-order valence-corrected chi connectivity index (χ3v) is 4.50. The van der Waals surface area contributed by atoms with Crippen molar-refractivity contribution in [1.82, 2.24) is 20.2 Å². The van der Waals surface area contributed by atoms with Crippen LogP contribution in [0.2, 0.25) is 5.02 Å². The van der Waals surface area contributed by atoms with Crippen molar-refractivity contribution in [2.75, 3.05) is 19.0 Å². The van der Waals surface area contributed by atoms with Gasteiger partial charge in [0, 0.05) is 11.8 Å². The molecular weight excluding hydrogens is 418 g/mol. The first-order chi connectivity index (χ1) is 14.9. The highest BCUT2D eigenvalue weighted by Crippen LogP contribution is 2.37. The summed E-state index contributed by atoms with van der Waals surface area (Å²) in [5.74, 6) is 1.72. The molecule has 3 aromatic rings. The van der Waals surface area contributed by atoms with Crippen LogP contribution in [-0.4, -0.2) is 39.8 Å². The standard InChI is InChI=1S/C22H24ClN5O3/c1-14(2)13-31-22-19(23)10-16(11-20(22)30-4)8-9-21(29)24-17-6-5-7-18(12-17)28-15(3)25-26-27-28/h5-12,14H,13H2,1-4H3,(H,24,29)/b9-8+. The smallest absolute Gasteiger partial charge is 0.248 e. The Morgan fingerprint density at radius 1 is 1.29 bits per heavy atom. The molecule has 162 valence electrons. The number of ether oxygens (including phenoxy) is 2. The van der Waals surface area contributed by atoms with Crippen LogP contribution >= 0.6 is 11.6 Å². The van der Waals surface area contributed by atoms with Crippen LogP contribution in [0, 0.1) is 12.8 Å². The summed E-state index contributed by atoms with van der Waals surface area (Å²) in [6.45, 7) is 6.43. The minimum absolute atomic E-state index is 0.291. The molecule has 0 fully saturated rings. The number of hydrogen-bond acceptors (Lipinski definition) is 6. The van der Waals surface area contributed by atoms with Gasteiger partial charge in [-0.05, 0) is 65.2 Å². The van der Waals surface area contributed by atoms with E-state index < -0.39 is 0 Å². The van der Waals surface area contributed by atoms with E-state index in [1.807, 2.05) is 12.1 Å². The maximum Gasteiger partial charge on any atom is 0.248 e. The number of halogens is 1. The monoisotopic (exact) mass is 441 g/mol. The van der Waals surface area contributed by atoms with Crippen LogP contribution in [0.4, 0.5) is 5.69 Å². The molecule has 0 bridgehead atoms. The lowest BCUT2D eigenvalue weighted by atomic mass is 10.1. The van der Waals surface area contributed by atoms with Gasteiger partial charge in [0.25, 0.3) is 0 Å². The molecule has 9 heteroatoms. The van der Waals surface area contributed by atoms with Gasteiger partial charge >= 0.3 is 0 Å². The maximum atomic E-state index is 12.4. The molecule has 1 aromatic heterocycles. The van der Waals surface area contributed by atoms with E-state index in [1.54, 1.807) is 49.1 Å². The maximum absolute atomic E-state index is 12.4. The van der Waals surface area contributed by atoms with Gasteiger partial charge in [-0.2, -0.15) is 4.68 Å². The van der Waals surface area contributed by atoms with Crippen LogP contribution in [0.25, 0.3) is 11.8 Å². The lowest BCUT2D eigenvalue weighted by Gasteiger charge is -2.14. The van der Waals surface area contributed by atoms with Crippen molar-refractivity contribution in [3.8, 4) is 17.2 Å². The normalized spacial score (nSPS) is 11.2. The lowest BCUT2D eigenvalue weighted by Crippen LogP contribution is -2.08. The first-order valence-corrected chi connectivity index (χ1v) is 10.1. The number of nitrogens with one attached hydrogen (secondary N) is 1. The number of aromatic nitrogens is 4. The highest BCUT2D eigenvalue weighted by Gasteiger charge is 2.12. The molecule has 1 amide bonds. The van der Waals surface area contributed by atoms with E-state index in [1.165, 1.54) is 6.08 Å². The molecule has 0 aliphatic carbocycles. The van der Waals surface area contributed by atoms with Crippen LogP contribution in [0.3, 0.4) is 0 Å². The van der Waals surface area contributed by atoms with E-state index in [9.17, 15) is 4.79 Å². The van der Waals surface area contributed by atoms with Gasteiger partial charge in [-0.1, -0.05) is 31.5 Å². The summed E-state index contributed by atoms with van der Waals surface area (Å²) in [5.41, 5.74) is 2.08. The molecule has 0 radical (unpaired) electrons. The molecule has 0 spiro atoms. The summed E-state index contributed by atoms with van der Waals surface area (Å²) >= 11 is 6.36. The Bertz CT molecular complexity index is 1090. The van der Waals surface area contributed by atoms with Crippen LogP contribution in [0.1, 0.15) is 25.2 Å². The molecule has 0 aliphatic rings. The second kappa shape index (κ2) is 10.1. The molecule has 0 unspecified atom stereocenters. The van der Waals surface area contributed by atoms with E-state index in [0.717, 1.165) is 5.69 Å². The average molecular weight is 442 g/mol. The minimum atomic E-state index is -0.291. The summed E-state index contributed by atoms with van der Waals surface area (Å²) < 4.78 is 12.7. The van der Waals surface area contributed by atoms with Gasteiger partial charge in [0.05, 0.1) is 24.4 Å². The highest BCUT2D eigenvalue weighted by molar-refractivity contribution is 6.32. The lowest BCUT2D eigenvalue weighted by molar-refractivity contribution is -0.111. The van der Waals surface area contributed by atoms with Gasteiger partial charge in [-0.15, -0.1) is 5.10 Å². The Labute approximate surface area is 185 Å². The van der Waals surface area contributed by atoms with Crippen molar-refractivity contribution >= 4 is 29.3 Å². The summed E-state index contributed by atoms with van der Waals surface area (Å²) in [5, 5.41) is 14.7. The highest BCUT2D eigenvalue weighted by atomic mass is 35.5. The van der Waals surface area contributed by atoms with E-state index in [-0.39, 0.29) is 5.91 Å².